The first-order valence-corrected chi connectivity index (χ1v) is 23.1. The molecule has 0 bridgehead atoms. The molecular weight excluding hydrogens is 751 g/mol. The van der Waals surface area contributed by atoms with Crippen molar-refractivity contribution in [3.05, 3.63) is 71.8 Å². The monoisotopic (exact) mass is 814 g/mol. The van der Waals surface area contributed by atoms with Crippen molar-refractivity contribution < 1.29 is 39.6 Å². The van der Waals surface area contributed by atoms with Crippen LogP contribution in [-0.2, 0) is 28.1 Å². The molecule has 0 aliphatic rings. The van der Waals surface area contributed by atoms with Crippen LogP contribution in [0.15, 0.2) is 60.7 Å². The van der Waals surface area contributed by atoms with Gasteiger partial charge in [0.1, 0.15) is 0 Å². The van der Waals surface area contributed by atoms with Crippen LogP contribution in [0.25, 0.3) is 0 Å². The molecule has 282 valence electrons. The number of hydrogen-bond acceptors (Lipinski definition) is 8. The van der Waals surface area contributed by atoms with Crippen molar-refractivity contribution in [3.8, 4) is 0 Å². The average molecular weight is 814 g/mol. The molecule has 0 aromatic heterocycles. The van der Waals surface area contributed by atoms with Crippen LogP contribution >= 0.6 is 0 Å². The summed E-state index contributed by atoms with van der Waals surface area (Å²) in [5, 5.41) is 42.6. The summed E-state index contributed by atoms with van der Waals surface area (Å²) in [6.07, 6.45) is 10.9. The van der Waals surface area contributed by atoms with Gasteiger partial charge in [-0.2, -0.15) is 0 Å². The van der Waals surface area contributed by atoms with Gasteiger partial charge in [-0.1, -0.05) is 79.1 Å². The standard InChI is InChI=1S/2C14H26O4.2C7H7.Sn/c2*1-3-5-7-11(4-2)10-12(14(17)18)8-6-9-13(15)16;2*1-7-5-3-2-4-6-7;/h2*11-12H,3-10H2,1-2H3,(H,15,16)(H,17,18);2*2-6H,1H2;/q;;;;+4/p-4. The van der Waals surface area contributed by atoms with Gasteiger partial charge in [-0.15, -0.1) is 0 Å². The molecule has 2 aromatic carbocycles. The van der Waals surface area contributed by atoms with Crippen LogP contribution in [0.4, 0.5) is 0 Å². The Hall–Kier alpha value is -2.88. The van der Waals surface area contributed by atoms with E-state index in [1.165, 1.54) is 20.0 Å². The topological polar surface area (TPSA) is 161 Å². The van der Waals surface area contributed by atoms with Crippen LogP contribution < -0.4 is 20.4 Å². The summed E-state index contributed by atoms with van der Waals surface area (Å²) in [6.45, 7) is 8.35. The van der Waals surface area contributed by atoms with E-state index >= 15 is 0 Å². The molecule has 0 amide bonds. The van der Waals surface area contributed by atoms with Gasteiger partial charge in [-0.25, -0.2) is 0 Å². The fraction of sp³-hybridized carbons (Fsp3) is 0.619. The molecule has 51 heavy (non-hydrogen) atoms. The Morgan fingerprint density at radius 1 is 0.529 bits per heavy atom. The number of carbonyl (C=O) groups excluding carboxylic acids is 4. The van der Waals surface area contributed by atoms with E-state index in [0.29, 0.717) is 50.4 Å². The number of carboxylic acid groups (broad SMARTS) is 4. The maximum atomic E-state index is 11.0. The molecule has 6 radical (unpaired) electrons. The number of carboxylic acids is 4. The zero-order valence-corrected chi connectivity index (χ0v) is 34.4. The number of rotatable bonds is 26. The Balaban J connectivity index is 0.000000737. The van der Waals surface area contributed by atoms with E-state index in [4.69, 9.17) is 0 Å². The van der Waals surface area contributed by atoms with Crippen molar-refractivity contribution in [1.82, 2.24) is 0 Å². The van der Waals surface area contributed by atoms with Crippen molar-refractivity contribution in [1.29, 1.82) is 0 Å². The molecule has 0 fully saturated rings. The first-order valence-electron chi connectivity index (χ1n) is 19.1. The van der Waals surface area contributed by atoms with E-state index in [-0.39, 0.29) is 34.0 Å². The van der Waals surface area contributed by atoms with Gasteiger partial charge >= 0.3 is 102 Å². The van der Waals surface area contributed by atoms with Crippen LogP contribution in [0.2, 0.25) is 0 Å². The summed E-state index contributed by atoms with van der Waals surface area (Å²) < 4.78 is 2.69. The maximum absolute atomic E-state index is 11.0. The van der Waals surface area contributed by atoms with Crippen LogP contribution in [0.1, 0.15) is 142 Å². The molecule has 9 heteroatoms. The van der Waals surface area contributed by atoms with E-state index in [0.717, 1.165) is 51.4 Å². The SMILES string of the molecule is CCCCC(CC)CC(CCCC(=O)[O-])C(=O)[O-].CCCCC(CC)CC(CCCC(=O)[O-])C(=O)[O-].c1ccc([CH2][Sn+4][CH2]c2ccccc2)cc1. The van der Waals surface area contributed by atoms with Gasteiger partial charge in [0.15, 0.2) is 0 Å². The molecule has 0 saturated carbocycles. The second kappa shape index (κ2) is 31.8. The Bertz CT molecular complexity index is 1080. The van der Waals surface area contributed by atoms with Gasteiger partial charge in [0, 0.05) is 23.9 Å². The Morgan fingerprint density at radius 2 is 0.882 bits per heavy atom. The predicted octanol–water partition coefficient (Wildman–Crippen LogP) is 4.85. The summed E-state index contributed by atoms with van der Waals surface area (Å²) in [4.78, 5) is 42.6. The molecule has 0 N–H and O–H groups in total. The summed E-state index contributed by atoms with van der Waals surface area (Å²) in [5.41, 5.74) is 3.03. The second-order valence-electron chi connectivity index (χ2n) is 13.4. The van der Waals surface area contributed by atoms with Gasteiger partial charge < -0.3 is 39.6 Å². The summed E-state index contributed by atoms with van der Waals surface area (Å²) >= 11 is -0.258. The minimum absolute atomic E-state index is 0.0739. The molecule has 0 aliphatic heterocycles. The summed E-state index contributed by atoms with van der Waals surface area (Å²) in [5.74, 6) is -4.59. The third-order valence-corrected chi connectivity index (χ3v) is 13.0. The molecule has 8 nitrogen and oxygen atoms in total. The third-order valence-electron chi connectivity index (χ3n) is 9.20. The van der Waals surface area contributed by atoms with E-state index in [1.807, 2.05) is 0 Å². The normalized spacial score (nSPS) is 12.9. The van der Waals surface area contributed by atoms with Crippen LogP contribution in [0, 0.1) is 23.7 Å². The number of carbonyl (C=O) groups is 4. The Morgan fingerprint density at radius 3 is 1.16 bits per heavy atom. The van der Waals surface area contributed by atoms with E-state index in [1.54, 1.807) is 0 Å². The van der Waals surface area contributed by atoms with Gasteiger partial charge in [0.2, 0.25) is 0 Å². The fourth-order valence-electron chi connectivity index (χ4n) is 5.96. The summed E-state index contributed by atoms with van der Waals surface area (Å²) in [7, 11) is 0. The van der Waals surface area contributed by atoms with Crippen molar-refractivity contribution in [2.24, 2.45) is 23.7 Å². The van der Waals surface area contributed by atoms with Gasteiger partial charge in [0.05, 0.1) is 0 Å². The zero-order chi connectivity index (χ0) is 38.3. The Kier molecular flexibility index (Phi) is 30.0. The van der Waals surface area contributed by atoms with Gasteiger partial charge in [0.25, 0.3) is 0 Å². The van der Waals surface area contributed by atoms with Crippen LogP contribution in [-0.4, -0.2) is 45.0 Å². The van der Waals surface area contributed by atoms with Crippen molar-refractivity contribution in [2.45, 2.75) is 139 Å². The molecule has 0 spiro atoms. The molecular formula is C42H62O8Sn. The second-order valence-corrected chi connectivity index (χ2v) is 16.9. The average Bonchev–Trinajstić information content (AvgIpc) is 3.11. The number of hydrogen-bond donors (Lipinski definition) is 0. The van der Waals surface area contributed by atoms with Gasteiger partial charge in [-0.05, 0) is 75.0 Å². The van der Waals surface area contributed by atoms with E-state index in [2.05, 4.69) is 88.4 Å². The van der Waals surface area contributed by atoms with E-state index in [9.17, 15) is 39.6 Å². The fourth-order valence-corrected chi connectivity index (χ4v) is 9.31. The number of aliphatic carboxylic acids is 4. The Labute approximate surface area is 318 Å². The first kappa shape index (κ1) is 48.1. The molecule has 2 aromatic rings. The van der Waals surface area contributed by atoms with Crippen molar-refractivity contribution in [3.63, 3.8) is 0 Å². The quantitative estimate of drug-likeness (QED) is 0.122. The molecule has 2 rings (SSSR count). The van der Waals surface area contributed by atoms with Crippen LogP contribution in [0.5, 0.6) is 0 Å². The van der Waals surface area contributed by atoms with Gasteiger partial charge in [-0.3, -0.25) is 0 Å². The number of unbranched alkanes of at least 4 members (excludes halogenated alkanes) is 2. The minimum atomic E-state index is -1.12. The molecule has 0 saturated heterocycles. The molecule has 4 unspecified atom stereocenters. The van der Waals surface area contributed by atoms with E-state index < -0.39 is 35.7 Å². The zero-order valence-electron chi connectivity index (χ0n) is 31.6. The van der Waals surface area contributed by atoms with Crippen LogP contribution in [0.3, 0.4) is 0 Å². The first-order chi connectivity index (χ1) is 24.5. The molecule has 0 aliphatic carbocycles. The molecule has 4 atom stereocenters. The third kappa shape index (κ3) is 27.4. The molecule has 0 heterocycles. The summed E-state index contributed by atoms with van der Waals surface area (Å²) in [6, 6.07) is 21.7. The van der Waals surface area contributed by atoms with Crippen molar-refractivity contribution >= 4 is 45.0 Å². The predicted molar refractivity (Wildman–Crippen MR) is 197 cm³/mol. The number of benzene rings is 2. The van der Waals surface area contributed by atoms with Crippen molar-refractivity contribution in [2.75, 3.05) is 0 Å².